The van der Waals surface area contributed by atoms with Gasteiger partial charge in [-0.1, -0.05) is 109 Å². The van der Waals surface area contributed by atoms with E-state index >= 15 is 0 Å². The maximum absolute atomic E-state index is 11.1. The van der Waals surface area contributed by atoms with E-state index in [1.165, 1.54) is 97.0 Å². The van der Waals surface area contributed by atoms with Crippen molar-refractivity contribution in [2.45, 2.75) is 96.8 Å². The fourth-order valence-electron chi connectivity index (χ4n) is 3.68. The molecule has 0 bridgehead atoms. The Hall–Kier alpha value is -0.892. The third-order valence-electron chi connectivity index (χ3n) is 5.53. The molecule has 0 amide bonds. The van der Waals surface area contributed by atoms with E-state index in [9.17, 15) is 20.8 Å². The van der Waals surface area contributed by atoms with Crippen molar-refractivity contribution in [3.63, 3.8) is 0 Å². The molecule has 1 nitrogen and oxygen atoms in total. The summed E-state index contributed by atoms with van der Waals surface area (Å²) in [5.41, 5.74) is 0. The van der Waals surface area contributed by atoms with E-state index in [-0.39, 0.29) is 21.2 Å². The molecule has 0 spiro atoms. The average molecular weight is 710 g/mol. The topological polar surface area (TPSA) is 9.23 Å². The first kappa shape index (κ1) is 34.1. The molecule has 0 heterocycles. The van der Waals surface area contributed by atoms with Gasteiger partial charge >= 0.3 is 56.2 Å². The Morgan fingerprint density at radius 2 is 0.919 bits per heavy atom. The third-order valence-corrected chi connectivity index (χ3v) is 8.22. The second-order valence-corrected chi connectivity index (χ2v) is 16.3. The van der Waals surface area contributed by atoms with Gasteiger partial charge in [-0.2, -0.15) is 0 Å². The summed E-state index contributed by atoms with van der Waals surface area (Å²) >= 11 is -11.1. The number of hydrogen-bond acceptors (Lipinski definition) is 1. The molecule has 0 aliphatic heterocycles. The standard InChI is InChI=1S/C28H42IO.AsF6/c1-2-3-4-5-6-7-8-9-10-11-12-13-14-18-25-30-28-23-21-27(22-24-28)29-26-19-16-15-17-20-26;2-1(3,4,5,6)7/h15-17,19-24H,2-14,18,25H2,1H3;/q+1;-1. The molecule has 37 heavy (non-hydrogen) atoms. The van der Waals surface area contributed by atoms with Crippen LogP contribution in [-0.2, 0) is 0 Å². The zero-order valence-electron chi connectivity index (χ0n) is 21.8. The molecule has 0 unspecified atom stereocenters. The fraction of sp³-hybridized carbons (Fsp3) is 0.571. The van der Waals surface area contributed by atoms with E-state index in [2.05, 4.69) is 61.5 Å². The van der Waals surface area contributed by atoms with E-state index in [1.54, 1.807) is 0 Å². The van der Waals surface area contributed by atoms with Gasteiger partial charge in [0.15, 0.2) is 7.14 Å². The molecule has 0 atom stereocenters. The van der Waals surface area contributed by atoms with Crippen LogP contribution in [0.2, 0.25) is 0 Å². The molecule has 2 rings (SSSR count). The van der Waals surface area contributed by atoms with Crippen molar-refractivity contribution in [3.05, 3.63) is 61.7 Å². The predicted molar refractivity (Wildman–Crippen MR) is 138 cm³/mol. The van der Waals surface area contributed by atoms with Crippen molar-refractivity contribution in [3.8, 4) is 5.75 Å². The van der Waals surface area contributed by atoms with Gasteiger partial charge in [0, 0.05) is 0 Å². The summed E-state index contributed by atoms with van der Waals surface area (Å²) in [6.07, 6.45) is 19.6. The molecule has 2 aromatic rings. The van der Waals surface area contributed by atoms with E-state index in [4.69, 9.17) is 4.74 Å². The molecular formula is C28H42AsF6IO. The van der Waals surface area contributed by atoms with Crippen LogP contribution in [0.1, 0.15) is 96.8 Å². The van der Waals surface area contributed by atoms with Crippen LogP contribution in [0.5, 0.6) is 5.75 Å². The van der Waals surface area contributed by atoms with Gasteiger partial charge in [-0.15, -0.1) is 0 Å². The van der Waals surface area contributed by atoms with Crippen molar-refractivity contribution in [2.75, 3.05) is 6.61 Å². The second-order valence-electron chi connectivity index (χ2n) is 9.25. The molecule has 0 saturated carbocycles. The Labute approximate surface area is 230 Å². The third kappa shape index (κ3) is 26.5. The number of hydrogen-bond donors (Lipinski definition) is 0. The van der Waals surface area contributed by atoms with Crippen LogP contribution < -0.4 is 25.9 Å². The van der Waals surface area contributed by atoms with Gasteiger partial charge in [-0.25, -0.2) is 0 Å². The normalized spacial score (nSPS) is 13.3. The Kier molecular flexibility index (Phi) is 15.6. The van der Waals surface area contributed by atoms with Crippen molar-refractivity contribution < 1.29 is 46.7 Å². The summed E-state index contributed by atoms with van der Waals surface area (Å²) in [7, 11) is 0. The van der Waals surface area contributed by atoms with Gasteiger partial charge in [-0.05, 0) is 42.8 Å². The van der Waals surface area contributed by atoms with Crippen LogP contribution in [0.3, 0.4) is 0 Å². The van der Waals surface area contributed by atoms with Gasteiger partial charge in [0.1, 0.15) is 5.75 Å². The molecule has 214 valence electrons. The molecule has 0 aliphatic carbocycles. The molecule has 2 aromatic carbocycles. The molecular weight excluding hydrogens is 668 g/mol. The molecule has 0 saturated heterocycles. The Balaban J connectivity index is 0.000000856. The van der Waals surface area contributed by atoms with Crippen LogP contribution in [0.4, 0.5) is 20.8 Å². The number of halogens is 7. The zero-order chi connectivity index (χ0) is 27.5. The number of ether oxygens (including phenoxy) is 1. The zero-order valence-corrected chi connectivity index (χ0v) is 25.8. The summed E-state index contributed by atoms with van der Waals surface area (Å²) in [4.78, 5) is 0. The maximum atomic E-state index is 9.91. The molecule has 0 N–H and O–H groups in total. The van der Waals surface area contributed by atoms with Gasteiger partial charge in [0.2, 0.25) is 0 Å². The van der Waals surface area contributed by atoms with Gasteiger partial charge in [0.25, 0.3) is 0 Å². The van der Waals surface area contributed by atoms with Crippen LogP contribution in [0, 0.1) is 7.14 Å². The molecule has 9 heteroatoms. The van der Waals surface area contributed by atoms with Crippen molar-refractivity contribution in [1.82, 2.24) is 0 Å². The van der Waals surface area contributed by atoms with Crippen LogP contribution in [0.15, 0.2) is 54.6 Å². The summed E-state index contributed by atoms with van der Waals surface area (Å²) in [6.45, 7) is 3.14. The SMILES string of the molecule is CCCCCCCCCCCCCCCCOc1ccc([I+]c2ccccc2)cc1.F[As-](F)(F)(F)(F)F. The quantitative estimate of drug-likeness (QED) is 0.0664. The molecule has 0 fully saturated rings. The van der Waals surface area contributed by atoms with Crippen LogP contribution in [0.25, 0.3) is 0 Å². The summed E-state index contributed by atoms with van der Waals surface area (Å²) in [6, 6.07) is 19.6. The first-order valence-electron chi connectivity index (χ1n) is 13.3. The molecule has 0 aromatic heterocycles. The number of unbranched alkanes of at least 4 members (excludes halogenated alkanes) is 13. The second kappa shape index (κ2) is 16.9. The van der Waals surface area contributed by atoms with E-state index in [0.29, 0.717) is 0 Å². The predicted octanol–water partition coefficient (Wildman–Crippen LogP) is 7.82. The van der Waals surface area contributed by atoms with Gasteiger partial charge < -0.3 is 4.74 Å². The summed E-state index contributed by atoms with van der Waals surface area (Å²) < 4.78 is 68.3. The van der Waals surface area contributed by atoms with Gasteiger partial charge in [-0.3, -0.25) is 0 Å². The average Bonchev–Trinajstić information content (AvgIpc) is 2.81. The molecule has 0 radical (unpaired) electrons. The number of benzene rings is 2. The van der Waals surface area contributed by atoms with Gasteiger partial charge in [0.05, 0.1) is 6.61 Å². The van der Waals surface area contributed by atoms with E-state index < -0.39 is 14.2 Å². The minimum absolute atomic E-state index is 0.0748. The van der Waals surface area contributed by atoms with Crippen molar-refractivity contribution in [2.24, 2.45) is 0 Å². The first-order chi connectivity index (χ1) is 17.3. The summed E-state index contributed by atoms with van der Waals surface area (Å²) in [5.74, 6) is 1.02. The Bertz CT molecular complexity index is 818. The van der Waals surface area contributed by atoms with Crippen molar-refractivity contribution in [1.29, 1.82) is 0 Å². The van der Waals surface area contributed by atoms with Crippen LogP contribution >= 0.6 is 0 Å². The Morgan fingerprint density at radius 1 is 0.541 bits per heavy atom. The van der Waals surface area contributed by atoms with E-state index in [0.717, 1.165) is 12.4 Å². The number of rotatable bonds is 18. The van der Waals surface area contributed by atoms with Crippen molar-refractivity contribution >= 4 is 14.2 Å². The van der Waals surface area contributed by atoms with Crippen LogP contribution in [-0.4, -0.2) is 20.8 Å². The summed E-state index contributed by atoms with van der Waals surface area (Å²) in [5, 5.41) is 0. The monoisotopic (exact) mass is 710 g/mol. The Morgan fingerprint density at radius 3 is 1.35 bits per heavy atom. The molecule has 0 aliphatic rings. The minimum atomic E-state index is -11.1. The fourth-order valence-corrected chi connectivity index (χ4v) is 5.90. The van der Waals surface area contributed by atoms with E-state index in [1.807, 2.05) is 0 Å². The first-order valence-corrected chi connectivity index (χ1v) is 19.7.